The standard InChI is InChI=1S/C14H26F3I/c1-3-5-6-7-8-9-10-11-13(18)12(4-2)14(15,16)17/h12-13H,3-11H2,1-2H3. The Kier molecular flexibility index (Phi) is 10.6. The minimum atomic E-state index is -4.03. The molecule has 0 aromatic carbocycles. The fourth-order valence-electron chi connectivity index (χ4n) is 2.19. The number of hydrogen-bond acceptors (Lipinski definition) is 0. The zero-order chi connectivity index (χ0) is 14.0. The molecule has 0 aliphatic carbocycles. The number of alkyl halides is 4. The summed E-state index contributed by atoms with van der Waals surface area (Å²) in [6.45, 7) is 3.82. The normalized spacial score (nSPS) is 15.7. The van der Waals surface area contributed by atoms with Crippen molar-refractivity contribution in [2.45, 2.75) is 81.7 Å². The fourth-order valence-corrected chi connectivity index (χ4v) is 3.55. The molecule has 0 aliphatic heterocycles. The Morgan fingerprint density at radius 2 is 1.39 bits per heavy atom. The minimum absolute atomic E-state index is 0.202. The molecule has 0 aromatic heterocycles. The van der Waals surface area contributed by atoms with E-state index in [9.17, 15) is 13.2 Å². The molecule has 0 fully saturated rings. The molecule has 0 rings (SSSR count). The molecule has 0 bridgehead atoms. The predicted molar refractivity (Wildman–Crippen MR) is 80.3 cm³/mol. The van der Waals surface area contributed by atoms with Crippen LogP contribution in [0.3, 0.4) is 0 Å². The molecule has 18 heavy (non-hydrogen) atoms. The maximum Gasteiger partial charge on any atom is 0.392 e. The molecule has 0 amide bonds. The van der Waals surface area contributed by atoms with E-state index in [-0.39, 0.29) is 10.3 Å². The molecule has 0 nitrogen and oxygen atoms in total. The molecule has 2 atom stereocenters. The van der Waals surface area contributed by atoms with Gasteiger partial charge in [-0.15, -0.1) is 0 Å². The molecule has 0 spiro atoms. The molecule has 2 unspecified atom stereocenters. The van der Waals surface area contributed by atoms with Gasteiger partial charge in [0.1, 0.15) is 0 Å². The van der Waals surface area contributed by atoms with Gasteiger partial charge >= 0.3 is 6.18 Å². The number of rotatable bonds is 10. The van der Waals surface area contributed by atoms with Crippen molar-refractivity contribution in [2.75, 3.05) is 0 Å². The molecule has 0 heterocycles. The van der Waals surface area contributed by atoms with Crippen LogP contribution < -0.4 is 0 Å². The van der Waals surface area contributed by atoms with Gasteiger partial charge in [-0.3, -0.25) is 0 Å². The Labute approximate surface area is 123 Å². The summed E-state index contributed by atoms with van der Waals surface area (Å²) in [6.07, 6.45) is 5.08. The maximum absolute atomic E-state index is 12.7. The lowest BCUT2D eigenvalue weighted by Gasteiger charge is -2.23. The Morgan fingerprint density at radius 3 is 1.83 bits per heavy atom. The van der Waals surface area contributed by atoms with Crippen molar-refractivity contribution in [3.8, 4) is 0 Å². The molecule has 0 radical (unpaired) electrons. The number of hydrogen-bond donors (Lipinski definition) is 0. The number of unbranched alkanes of at least 4 members (excludes halogenated alkanes) is 6. The van der Waals surface area contributed by atoms with Gasteiger partial charge in [0.2, 0.25) is 0 Å². The van der Waals surface area contributed by atoms with E-state index in [0.717, 1.165) is 12.8 Å². The van der Waals surface area contributed by atoms with E-state index in [1.54, 1.807) is 6.92 Å². The summed E-state index contributed by atoms with van der Waals surface area (Å²) in [5.41, 5.74) is 0. The molecule has 0 saturated heterocycles. The van der Waals surface area contributed by atoms with Crippen LogP contribution in [0.2, 0.25) is 0 Å². The zero-order valence-electron chi connectivity index (χ0n) is 11.5. The topological polar surface area (TPSA) is 0 Å². The van der Waals surface area contributed by atoms with Crippen LogP contribution in [0.15, 0.2) is 0 Å². The van der Waals surface area contributed by atoms with Crippen LogP contribution >= 0.6 is 22.6 Å². The highest BCUT2D eigenvalue weighted by molar-refractivity contribution is 14.1. The molecule has 0 aromatic rings. The van der Waals surface area contributed by atoms with Crippen molar-refractivity contribution >= 4 is 22.6 Å². The quantitative estimate of drug-likeness (QED) is 0.231. The third-order valence-corrected chi connectivity index (χ3v) is 4.87. The fraction of sp³-hybridized carbons (Fsp3) is 1.00. The van der Waals surface area contributed by atoms with Crippen LogP contribution in [-0.4, -0.2) is 10.1 Å². The van der Waals surface area contributed by atoms with Gasteiger partial charge in [0, 0.05) is 3.92 Å². The van der Waals surface area contributed by atoms with Gasteiger partial charge in [0.25, 0.3) is 0 Å². The second-order valence-electron chi connectivity index (χ2n) is 4.98. The average Bonchev–Trinajstić information content (AvgIpc) is 2.27. The van der Waals surface area contributed by atoms with Crippen LogP contribution in [0.5, 0.6) is 0 Å². The first-order valence-corrected chi connectivity index (χ1v) is 8.38. The number of halogens is 4. The Balaban J connectivity index is 3.66. The van der Waals surface area contributed by atoms with Crippen molar-refractivity contribution in [3.63, 3.8) is 0 Å². The van der Waals surface area contributed by atoms with Crippen LogP contribution in [0, 0.1) is 5.92 Å². The first-order valence-electron chi connectivity index (χ1n) is 7.14. The van der Waals surface area contributed by atoms with E-state index in [0.29, 0.717) is 6.42 Å². The van der Waals surface area contributed by atoms with E-state index in [2.05, 4.69) is 6.92 Å². The highest BCUT2D eigenvalue weighted by atomic mass is 127. The van der Waals surface area contributed by atoms with Crippen LogP contribution in [0.1, 0.15) is 71.6 Å². The SMILES string of the molecule is CCCCCCCCCC(I)C(CC)C(F)(F)F. The molecule has 4 heteroatoms. The molecular formula is C14H26F3I. The highest BCUT2D eigenvalue weighted by Gasteiger charge is 2.41. The van der Waals surface area contributed by atoms with Gasteiger partial charge in [-0.2, -0.15) is 13.2 Å². The van der Waals surface area contributed by atoms with Crippen molar-refractivity contribution < 1.29 is 13.2 Å². The molecular weight excluding hydrogens is 352 g/mol. The van der Waals surface area contributed by atoms with E-state index >= 15 is 0 Å². The molecule has 0 N–H and O–H groups in total. The predicted octanol–water partition coefficient (Wildman–Crippen LogP) is 6.52. The third-order valence-electron chi connectivity index (χ3n) is 3.38. The summed E-state index contributed by atoms with van der Waals surface area (Å²) in [7, 11) is 0. The van der Waals surface area contributed by atoms with E-state index in [4.69, 9.17) is 0 Å². The molecule has 110 valence electrons. The van der Waals surface area contributed by atoms with Gasteiger partial charge in [0.15, 0.2) is 0 Å². The van der Waals surface area contributed by atoms with Crippen molar-refractivity contribution in [1.82, 2.24) is 0 Å². The first-order chi connectivity index (χ1) is 8.43. The summed E-state index contributed by atoms with van der Waals surface area (Å²) in [5.74, 6) is -1.13. The summed E-state index contributed by atoms with van der Waals surface area (Å²) < 4.78 is 37.8. The van der Waals surface area contributed by atoms with Crippen molar-refractivity contribution in [1.29, 1.82) is 0 Å². The van der Waals surface area contributed by atoms with E-state index in [1.165, 1.54) is 32.1 Å². The minimum Gasteiger partial charge on any atom is -0.171 e. The van der Waals surface area contributed by atoms with Gasteiger partial charge in [-0.05, 0) is 12.8 Å². The maximum atomic E-state index is 12.7. The summed E-state index contributed by atoms with van der Waals surface area (Å²) in [6, 6.07) is 0. The van der Waals surface area contributed by atoms with Gasteiger partial charge in [-0.1, -0.05) is 81.4 Å². The van der Waals surface area contributed by atoms with E-state index in [1.807, 2.05) is 22.6 Å². The lowest BCUT2D eigenvalue weighted by molar-refractivity contribution is -0.174. The van der Waals surface area contributed by atoms with Gasteiger partial charge in [-0.25, -0.2) is 0 Å². The van der Waals surface area contributed by atoms with Gasteiger partial charge < -0.3 is 0 Å². The van der Waals surface area contributed by atoms with Crippen molar-refractivity contribution in [3.05, 3.63) is 0 Å². The summed E-state index contributed by atoms with van der Waals surface area (Å²) in [4.78, 5) is 0. The van der Waals surface area contributed by atoms with Crippen LogP contribution in [-0.2, 0) is 0 Å². The van der Waals surface area contributed by atoms with Crippen molar-refractivity contribution in [2.24, 2.45) is 5.92 Å². The lowest BCUT2D eigenvalue weighted by atomic mass is 9.97. The van der Waals surface area contributed by atoms with E-state index < -0.39 is 12.1 Å². The third kappa shape index (κ3) is 8.59. The van der Waals surface area contributed by atoms with Crippen LogP contribution in [0.25, 0.3) is 0 Å². The largest absolute Gasteiger partial charge is 0.392 e. The second kappa shape index (κ2) is 10.3. The first kappa shape index (κ1) is 18.5. The van der Waals surface area contributed by atoms with Gasteiger partial charge in [0.05, 0.1) is 5.92 Å². The highest BCUT2D eigenvalue weighted by Crippen LogP contribution is 2.36. The Morgan fingerprint density at radius 1 is 0.889 bits per heavy atom. The Hall–Kier alpha value is 0.520. The summed E-state index contributed by atoms with van der Waals surface area (Å²) >= 11 is 1.98. The summed E-state index contributed by atoms with van der Waals surface area (Å²) in [5, 5.41) is 0. The molecule has 0 aliphatic rings. The lowest BCUT2D eigenvalue weighted by Crippen LogP contribution is -2.30. The molecule has 0 saturated carbocycles. The monoisotopic (exact) mass is 378 g/mol. The smallest absolute Gasteiger partial charge is 0.171 e. The average molecular weight is 378 g/mol. The zero-order valence-corrected chi connectivity index (χ0v) is 13.7. The Bertz CT molecular complexity index is 192. The van der Waals surface area contributed by atoms with Crippen LogP contribution in [0.4, 0.5) is 13.2 Å². The second-order valence-corrected chi connectivity index (χ2v) is 6.58.